The summed E-state index contributed by atoms with van der Waals surface area (Å²) in [5, 5.41) is 20.6. The molecule has 2 aromatic carbocycles. The molecule has 6 amide bonds. The Balaban J connectivity index is 1.50. The fourth-order valence-corrected chi connectivity index (χ4v) is 5.91. The summed E-state index contributed by atoms with van der Waals surface area (Å²) >= 11 is 0. The number of nitrogens with one attached hydrogen (secondary N) is 4. The Hall–Kier alpha value is -5.30. The SMILES string of the molecule is C=CCOC(=O)NCCCC[C@H](NC(=O)[C@H](Cc1ccccc1)NC(=O)CCCCCCCCCCN1C(=O)C=CC1=O)C(=O)Nc1ccc(CO)cc1. The number of nitrogens with zero attached hydrogens (tertiary/aromatic N) is 1. The van der Waals surface area contributed by atoms with Gasteiger partial charge in [-0.15, -0.1) is 0 Å². The van der Waals surface area contributed by atoms with Gasteiger partial charge >= 0.3 is 6.09 Å². The van der Waals surface area contributed by atoms with Crippen molar-refractivity contribution in [3.05, 3.63) is 90.5 Å². The van der Waals surface area contributed by atoms with Gasteiger partial charge in [0.1, 0.15) is 18.7 Å². The number of hydrogen-bond acceptors (Lipinski definition) is 8. The van der Waals surface area contributed by atoms with Gasteiger partial charge in [0.2, 0.25) is 17.7 Å². The molecule has 54 heavy (non-hydrogen) atoms. The number of aliphatic hydroxyl groups is 1. The third kappa shape index (κ3) is 16.6. The van der Waals surface area contributed by atoms with Crippen LogP contribution in [-0.4, -0.2) is 77.4 Å². The number of amides is 6. The minimum Gasteiger partial charge on any atom is -0.445 e. The Bertz CT molecular complexity index is 1530. The number of carbonyl (C=O) groups excluding carboxylic acids is 6. The number of anilines is 1. The second-order valence-corrected chi connectivity index (χ2v) is 13.3. The molecule has 2 aromatic rings. The maximum Gasteiger partial charge on any atom is 0.407 e. The molecule has 0 aromatic heterocycles. The van der Waals surface area contributed by atoms with Crippen LogP contribution in [0.1, 0.15) is 88.2 Å². The highest BCUT2D eigenvalue weighted by atomic mass is 16.5. The monoisotopic (exact) mass is 745 g/mol. The molecule has 13 heteroatoms. The van der Waals surface area contributed by atoms with E-state index in [9.17, 15) is 33.9 Å². The van der Waals surface area contributed by atoms with E-state index in [1.54, 1.807) is 24.3 Å². The van der Waals surface area contributed by atoms with E-state index in [1.165, 1.54) is 23.1 Å². The molecule has 0 radical (unpaired) electrons. The Morgan fingerprint density at radius 3 is 2.04 bits per heavy atom. The van der Waals surface area contributed by atoms with Crippen molar-refractivity contribution in [2.75, 3.05) is 25.0 Å². The molecule has 1 aliphatic rings. The Morgan fingerprint density at radius 1 is 0.741 bits per heavy atom. The Kier molecular flexibility index (Phi) is 19.8. The average Bonchev–Trinajstić information content (AvgIpc) is 3.49. The van der Waals surface area contributed by atoms with Crippen molar-refractivity contribution in [3.8, 4) is 0 Å². The van der Waals surface area contributed by atoms with Gasteiger partial charge in [-0.3, -0.25) is 28.9 Å². The van der Waals surface area contributed by atoms with E-state index in [-0.39, 0.29) is 50.2 Å². The highest BCUT2D eigenvalue weighted by molar-refractivity contribution is 6.12. The largest absolute Gasteiger partial charge is 0.445 e. The summed E-state index contributed by atoms with van der Waals surface area (Å²) in [6.07, 6.45) is 12.6. The molecule has 0 saturated heterocycles. The molecular weight excluding hydrogens is 690 g/mol. The summed E-state index contributed by atoms with van der Waals surface area (Å²) < 4.78 is 4.92. The molecule has 1 heterocycles. The molecule has 292 valence electrons. The van der Waals surface area contributed by atoms with Crippen LogP contribution in [0.25, 0.3) is 0 Å². The summed E-state index contributed by atoms with van der Waals surface area (Å²) in [6, 6.07) is 14.2. The molecule has 0 aliphatic carbocycles. The lowest BCUT2D eigenvalue weighted by atomic mass is 10.0. The number of rotatable bonds is 26. The van der Waals surface area contributed by atoms with Crippen LogP contribution in [0.3, 0.4) is 0 Å². The first-order valence-electron chi connectivity index (χ1n) is 18.9. The lowest BCUT2D eigenvalue weighted by Crippen LogP contribution is -2.53. The fraction of sp³-hybridized carbons (Fsp3) is 0.463. The van der Waals surface area contributed by atoms with Crippen molar-refractivity contribution in [2.24, 2.45) is 0 Å². The van der Waals surface area contributed by atoms with Crippen molar-refractivity contribution in [2.45, 2.75) is 102 Å². The summed E-state index contributed by atoms with van der Waals surface area (Å²) in [4.78, 5) is 76.7. The van der Waals surface area contributed by atoms with E-state index < -0.39 is 30.0 Å². The lowest BCUT2D eigenvalue weighted by Gasteiger charge is -2.23. The number of hydrogen-bond donors (Lipinski definition) is 5. The zero-order valence-corrected chi connectivity index (χ0v) is 31.1. The van der Waals surface area contributed by atoms with E-state index in [0.717, 1.165) is 50.5 Å². The number of aliphatic hydroxyl groups excluding tert-OH is 1. The molecule has 2 atom stereocenters. The topological polar surface area (TPSA) is 183 Å². The van der Waals surface area contributed by atoms with Crippen LogP contribution in [0.2, 0.25) is 0 Å². The zero-order valence-electron chi connectivity index (χ0n) is 31.1. The smallest absolute Gasteiger partial charge is 0.407 e. The molecule has 0 unspecified atom stereocenters. The molecule has 13 nitrogen and oxygen atoms in total. The first-order chi connectivity index (χ1) is 26.2. The first-order valence-corrected chi connectivity index (χ1v) is 18.9. The molecule has 0 spiro atoms. The van der Waals surface area contributed by atoms with Gasteiger partial charge in [0.25, 0.3) is 11.8 Å². The van der Waals surface area contributed by atoms with Crippen LogP contribution >= 0.6 is 0 Å². The molecule has 0 fully saturated rings. The molecule has 3 rings (SSSR count). The van der Waals surface area contributed by atoms with Crippen LogP contribution < -0.4 is 21.3 Å². The molecule has 0 bridgehead atoms. The normalized spacial score (nSPS) is 13.2. The predicted molar refractivity (Wildman–Crippen MR) is 206 cm³/mol. The van der Waals surface area contributed by atoms with Crippen LogP contribution in [0.15, 0.2) is 79.4 Å². The summed E-state index contributed by atoms with van der Waals surface area (Å²) in [5.41, 5.74) is 2.05. The van der Waals surface area contributed by atoms with Crippen molar-refractivity contribution in [1.29, 1.82) is 0 Å². The van der Waals surface area contributed by atoms with E-state index in [4.69, 9.17) is 4.74 Å². The van der Waals surface area contributed by atoms with Crippen molar-refractivity contribution in [1.82, 2.24) is 20.9 Å². The van der Waals surface area contributed by atoms with Gasteiger partial charge in [0, 0.05) is 43.8 Å². The number of imide groups is 1. The number of benzene rings is 2. The van der Waals surface area contributed by atoms with Crippen LogP contribution in [0, 0.1) is 0 Å². The van der Waals surface area contributed by atoms with E-state index in [0.29, 0.717) is 43.6 Å². The quantitative estimate of drug-likeness (QED) is 0.0515. The second-order valence-electron chi connectivity index (χ2n) is 13.3. The number of unbranched alkanes of at least 4 members (excludes halogenated alkanes) is 8. The zero-order chi connectivity index (χ0) is 39.0. The molecule has 5 N–H and O–H groups in total. The van der Waals surface area contributed by atoms with Gasteiger partial charge in [0.05, 0.1) is 6.61 Å². The van der Waals surface area contributed by atoms with Crippen molar-refractivity contribution >= 4 is 41.3 Å². The average molecular weight is 746 g/mol. The van der Waals surface area contributed by atoms with Crippen LogP contribution in [-0.2, 0) is 41.7 Å². The Labute approximate surface area is 318 Å². The minimum absolute atomic E-state index is 0.0934. The van der Waals surface area contributed by atoms with Gasteiger partial charge in [-0.25, -0.2) is 4.79 Å². The Morgan fingerprint density at radius 2 is 1.39 bits per heavy atom. The lowest BCUT2D eigenvalue weighted by molar-refractivity contribution is -0.137. The number of alkyl carbamates (subject to hydrolysis) is 1. The highest BCUT2D eigenvalue weighted by Crippen LogP contribution is 2.14. The van der Waals surface area contributed by atoms with Crippen molar-refractivity contribution in [3.63, 3.8) is 0 Å². The number of ether oxygens (including phenoxy) is 1. The highest BCUT2D eigenvalue weighted by Gasteiger charge is 2.27. The van der Waals surface area contributed by atoms with Crippen LogP contribution in [0.4, 0.5) is 10.5 Å². The van der Waals surface area contributed by atoms with Gasteiger partial charge in [-0.05, 0) is 55.4 Å². The maximum absolute atomic E-state index is 13.8. The summed E-state index contributed by atoms with van der Waals surface area (Å²) in [5.74, 6) is -1.65. The standard InChI is InChI=1S/C41H55N5O8/c1-2-28-54-41(53)42-26-14-13-18-34(39(51)43-33-22-20-32(30-47)21-23-33)45-40(52)35(29-31-16-10-9-11-17-31)44-36(48)19-12-7-5-3-4-6-8-15-27-46-37(49)24-25-38(46)50/h2,9-11,16-17,20-25,34-35,47H,1,3-8,12-15,18-19,26-30H2,(H,42,53)(H,43,51)(H,44,48)(H,45,52)/t34-,35-/m0/s1. The van der Waals surface area contributed by atoms with Gasteiger partial charge < -0.3 is 31.1 Å². The van der Waals surface area contributed by atoms with E-state index >= 15 is 0 Å². The first kappa shape index (κ1) is 43.1. The van der Waals surface area contributed by atoms with E-state index in [1.807, 2.05) is 30.3 Å². The number of carbonyl (C=O) groups is 6. The van der Waals surface area contributed by atoms with Crippen molar-refractivity contribution < 1.29 is 38.6 Å². The molecule has 0 saturated carbocycles. The van der Waals surface area contributed by atoms with Gasteiger partial charge in [-0.1, -0.05) is 93.6 Å². The summed E-state index contributed by atoms with van der Waals surface area (Å²) in [7, 11) is 0. The molecule has 1 aliphatic heterocycles. The second kappa shape index (κ2) is 24.9. The van der Waals surface area contributed by atoms with E-state index in [2.05, 4.69) is 27.8 Å². The predicted octanol–water partition coefficient (Wildman–Crippen LogP) is 4.85. The van der Waals surface area contributed by atoms with Gasteiger partial charge in [0.15, 0.2) is 0 Å². The summed E-state index contributed by atoms with van der Waals surface area (Å²) in [6.45, 7) is 4.23. The third-order valence-corrected chi connectivity index (χ3v) is 8.93. The minimum atomic E-state index is -0.930. The van der Waals surface area contributed by atoms with Gasteiger partial charge in [-0.2, -0.15) is 0 Å². The molecular formula is C41H55N5O8. The third-order valence-electron chi connectivity index (χ3n) is 8.93. The maximum atomic E-state index is 13.8. The van der Waals surface area contributed by atoms with Crippen LogP contribution in [0.5, 0.6) is 0 Å². The fourth-order valence-electron chi connectivity index (χ4n) is 5.91.